The van der Waals surface area contributed by atoms with Crippen LogP contribution >= 0.6 is 11.3 Å². The number of hydrogen-bond acceptors (Lipinski definition) is 5. The Kier molecular flexibility index (Phi) is 2.23. The first-order chi connectivity index (χ1) is 7.20. The first-order valence-electron chi connectivity index (χ1n) is 3.89. The van der Waals surface area contributed by atoms with E-state index < -0.39 is 5.97 Å². The maximum Gasteiger partial charge on any atom is 0.358 e. The summed E-state index contributed by atoms with van der Waals surface area (Å²) in [6.45, 7) is 0. The van der Waals surface area contributed by atoms with E-state index >= 15 is 0 Å². The van der Waals surface area contributed by atoms with Crippen molar-refractivity contribution in [2.75, 3.05) is 0 Å². The van der Waals surface area contributed by atoms with Gasteiger partial charge in [-0.3, -0.25) is 0 Å². The molecule has 15 heavy (non-hydrogen) atoms. The topological polar surface area (TPSA) is 87.1 Å². The minimum atomic E-state index is -1.14. The maximum atomic E-state index is 10.5. The summed E-state index contributed by atoms with van der Waals surface area (Å²) >= 11 is 1.30. The van der Waals surface area contributed by atoms with Gasteiger partial charge in [0.25, 0.3) is 0 Å². The van der Waals surface area contributed by atoms with Crippen LogP contribution in [-0.4, -0.2) is 16.2 Å². The predicted molar refractivity (Wildman–Crippen MR) is 51.5 cm³/mol. The molecule has 0 spiro atoms. The SMILES string of the molecule is N#Cc1csc(-c2cc(C(=O)O)no2)c1. The van der Waals surface area contributed by atoms with Gasteiger partial charge in [-0.1, -0.05) is 5.16 Å². The van der Waals surface area contributed by atoms with Gasteiger partial charge in [-0.15, -0.1) is 11.3 Å². The number of nitriles is 1. The van der Waals surface area contributed by atoms with Crippen molar-refractivity contribution in [2.45, 2.75) is 0 Å². The third kappa shape index (κ3) is 1.73. The molecule has 5 nitrogen and oxygen atoms in total. The molecule has 0 amide bonds. The summed E-state index contributed by atoms with van der Waals surface area (Å²) in [6.07, 6.45) is 0. The highest BCUT2D eigenvalue weighted by Crippen LogP contribution is 2.27. The molecule has 2 aromatic rings. The van der Waals surface area contributed by atoms with Crippen LogP contribution in [0.3, 0.4) is 0 Å². The Morgan fingerprint density at radius 2 is 2.40 bits per heavy atom. The summed E-state index contributed by atoms with van der Waals surface area (Å²) in [5.41, 5.74) is 0.375. The lowest BCUT2D eigenvalue weighted by Crippen LogP contribution is -1.94. The first-order valence-corrected chi connectivity index (χ1v) is 4.77. The fourth-order valence-corrected chi connectivity index (χ4v) is 1.80. The van der Waals surface area contributed by atoms with Gasteiger partial charge in [0.15, 0.2) is 11.5 Å². The highest BCUT2D eigenvalue weighted by molar-refractivity contribution is 7.13. The lowest BCUT2D eigenvalue weighted by atomic mass is 10.3. The molecule has 2 aromatic heterocycles. The largest absolute Gasteiger partial charge is 0.476 e. The highest BCUT2D eigenvalue weighted by atomic mass is 32.1. The molecule has 2 rings (SSSR count). The van der Waals surface area contributed by atoms with Crippen molar-refractivity contribution in [3.05, 3.63) is 28.8 Å². The third-order valence-electron chi connectivity index (χ3n) is 1.70. The summed E-state index contributed by atoms with van der Waals surface area (Å²) < 4.78 is 4.84. The number of aromatic nitrogens is 1. The second kappa shape index (κ2) is 3.55. The van der Waals surface area contributed by atoms with Gasteiger partial charge in [0.1, 0.15) is 6.07 Å². The van der Waals surface area contributed by atoms with Gasteiger partial charge < -0.3 is 9.63 Å². The molecule has 0 aromatic carbocycles. The molecule has 0 bridgehead atoms. The Bertz CT molecular complexity index is 550. The number of thiophene rings is 1. The highest BCUT2D eigenvalue weighted by Gasteiger charge is 2.13. The minimum absolute atomic E-state index is 0.142. The summed E-state index contributed by atoms with van der Waals surface area (Å²) in [5, 5.41) is 22.3. The molecular formula is C9H4N2O3S. The zero-order valence-corrected chi connectivity index (χ0v) is 8.11. The number of carboxylic acid groups (broad SMARTS) is 1. The Hall–Kier alpha value is -2.13. The molecule has 6 heteroatoms. The lowest BCUT2D eigenvalue weighted by Gasteiger charge is -1.83. The van der Waals surface area contributed by atoms with Crippen LogP contribution in [0.4, 0.5) is 0 Å². The zero-order valence-electron chi connectivity index (χ0n) is 7.30. The second-order valence-corrected chi connectivity index (χ2v) is 3.60. The number of aromatic carboxylic acids is 1. The van der Waals surface area contributed by atoms with Gasteiger partial charge in [-0.2, -0.15) is 5.26 Å². The molecule has 0 saturated carbocycles. The van der Waals surface area contributed by atoms with E-state index in [1.54, 1.807) is 11.4 Å². The molecule has 0 unspecified atom stereocenters. The first kappa shape index (κ1) is 9.43. The van der Waals surface area contributed by atoms with Crippen molar-refractivity contribution in [3.8, 4) is 16.7 Å². The molecule has 0 aliphatic carbocycles. The van der Waals surface area contributed by atoms with Crippen molar-refractivity contribution >= 4 is 17.3 Å². The third-order valence-corrected chi connectivity index (χ3v) is 2.65. The van der Waals surface area contributed by atoms with E-state index in [0.717, 1.165) is 0 Å². The molecule has 0 saturated heterocycles. The summed E-state index contributed by atoms with van der Waals surface area (Å²) in [6, 6.07) is 4.93. The molecule has 0 fully saturated rings. The monoisotopic (exact) mass is 220 g/mol. The van der Waals surface area contributed by atoms with Gasteiger partial charge in [-0.05, 0) is 6.07 Å². The zero-order chi connectivity index (χ0) is 10.8. The molecule has 0 radical (unpaired) electrons. The van der Waals surface area contributed by atoms with E-state index in [2.05, 4.69) is 5.16 Å². The van der Waals surface area contributed by atoms with Gasteiger partial charge in [-0.25, -0.2) is 4.79 Å². The molecule has 0 aliphatic heterocycles. The molecule has 2 heterocycles. The number of carboxylic acids is 1. The van der Waals surface area contributed by atoms with Crippen LogP contribution in [0, 0.1) is 11.3 Å². The average Bonchev–Trinajstić information content (AvgIpc) is 2.86. The van der Waals surface area contributed by atoms with E-state index in [1.165, 1.54) is 17.4 Å². The minimum Gasteiger partial charge on any atom is -0.476 e. The average molecular weight is 220 g/mol. The predicted octanol–water partition coefficient (Wildman–Crippen LogP) is 1.97. The van der Waals surface area contributed by atoms with E-state index in [4.69, 9.17) is 14.9 Å². The molecule has 74 valence electrons. The number of rotatable bonds is 2. The van der Waals surface area contributed by atoms with Crippen molar-refractivity contribution in [3.63, 3.8) is 0 Å². The van der Waals surface area contributed by atoms with Crippen LogP contribution in [-0.2, 0) is 0 Å². The van der Waals surface area contributed by atoms with Gasteiger partial charge >= 0.3 is 5.97 Å². The lowest BCUT2D eigenvalue weighted by molar-refractivity contribution is 0.0686. The Morgan fingerprint density at radius 1 is 1.60 bits per heavy atom. The van der Waals surface area contributed by atoms with E-state index in [-0.39, 0.29) is 5.69 Å². The van der Waals surface area contributed by atoms with Crippen LogP contribution in [0.25, 0.3) is 10.6 Å². The number of carbonyl (C=O) groups is 1. The van der Waals surface area contributed by atoms with Crippen molar-refractivity contribution in [2.24, 2.45) is 0 Å². The number of hydrogen-bond donors (Lipinski definition) is 1. The van der Waals surface area contributed by atoms with Crippen LogP contribution < -0.4 is 0 Å². The Labute approximate surface area is 88.2 Å². The Morgan fingerprint density at radius 3 is 2.93 bits per heavy atom. The van der Waals surface area contributed by atoms with Gasteiger partial charge in [0, 0.05) is 11.4 Å². The molecule has 0 aliphatic rings. The van der Waals surface area contributed by atoms with Crippen LogP contribution in [0.5, 0.6) is 0 Å². The van der Waals surface area contributed by atoms with Crippen molar-refractivity contribution in [1.82, 2.24) is 5.16 Å². The fraction of sp³-hybridized carbons (Fsp3) is 0. The second-order valence-electron chi connectivity index (χ2n) is 2.69. The van der Waals surface area contributed by atoms with E-state index in [9.17, 15) is 4.79 Å². The van der Waals surface area contributed by atoms with E-state index in [0.29, 0.717) is 16.2 Å². The molecule has 1 N–H and O–H groups in total. The standard InChI is InChI=1S/C9H4N2O3S/c10-3-5-1-8(15-4-5)7-2-6(9(12)13)11-14-7/h1-2,4H,(H,12,13). The molecule has 0 atom stereocenters. The quantitative estimate of drug-likeness (QED) is 0.835. The summed E-state index contributed by atoms with van der Waals surface area (Å²) in [5.74, 6) is -0.777. The number of nitrogens with zero attached hydrogens (tertiary/aromatic N) is 2. The summed E-state index contributed by atoms with van der Waals surface area (Å²) in [4.78, 5) is 11.2. The van der Waals surface area contributed by atoms with Gasteiger partial charge in [0.05, 0.1) is 10.4 Å². The maximum absolute atomic E-state index is 10.5. The van der Waals surface area contributed by atoms with E-state index in [1.807, 2.05) is 6.07 Å². The normalized spacial score (nSPS) is 9.80. The smallest absolute Gasteiger partial charge is 0.358 e. The Balaban J connectivity index is 2.38. The van der Waals surface area contributed by atoms with Gasteiger partial charge in [0.2, 0.25) is 0 Å². The van der Waals surface area contributed by atoms with Crippen molar-refractivity contribution in [1.29, 1.82) is 5.26 Å². The van der Waals surface area contributed by atoms with Crippen LogP contribution in [0.15, 0.2) is 22.0 Å². The summed E-state index contributed by atoms with van der Waals surface area (Å²) in [7, 11) is 0. The van der Waals surface area contributed by atoms with Crippen LogP contribution in [0.2, 0.25) is 0 Å². The van der Waals surface area contributed by atoms with Crippen LogP contribution in [0.1, 0.15) is 16.1 Å². The fourth-order valence-electron chi connectivity index (χ4n) is 1.02. The molecular weight excluding hydrogens is 216 g/mol. The van der Waals surface area contributed by atoms with Crippen molar-refractivity contribution < 1.29 is 14.4 Å².